The maximum Gasteiger partial charge on any atom is 0.244 e. The third-order valence-corrected chi connectivity index (χ3v) is 5.08. The molecule has 0 fully saturated rings. The molecule has 2 aromatic heterocycles. The van der Waals surface area contributed by atoms with Gasteiger partial charge in [-0.1, -0.05) is 32.5 Å². The van der Waals surface area contributed by atoms with E-state index in [0.29, 0.717) is 11.1 Å². The highest BCUT2D eigenvalue weighted by Crippen LogP contribution is 2.33. The Hall–Kier alpha value is -2.67. The van der Waals surface area contributed by atoms with E-state index in [0.717, 1.165) is 21.3 Å². The number of nitrogens with two attached hydrogens (primary N) is 1. The predicted octanol–water partition coefficient (Wildman–Crippen LogP) is 4.21. The highest BCUT2D eigenvalue weighted by molar-refractivity contribution is 7.99. The minimum atomic E-state index is -0.532. The average Bonchev–Trinajstić information content (AvgIpc) is 3.00. The van der Waals surface area contributed by atoms with Crippen LogP contribution in [0.3, 0.4) is 0 Å². The quantitative estimate of drug-likeness (QED) is 0.684. The molecule has 0 radical (unpaired) electrons. The summed E-state index contributed by atoms with van der Waals surface area (Å²) in [4.78, 5) is 13.1. The van der Waals surface area contributed by atoms with Gasteiger partial charge >= 0.3 is 0 Å². The minimum absolute atomic E-state index is 0.148. The molecule has 0 atom stereocenters. The van der Waals surface area contributed by atoms with E-state index in [1.54, 1.807) is 19.1 Å². The predicted molar refractivity (Wildman–Crippen MR) is 105 cm³/mol. The van der Waals surface area contributed by atoms with Gasteiger partial charge in [-0.3, -0.25) is 9.20 Å². The number of hydrogen-bond donors (Lipinski definition) is 1. The first-order valence-corrected chi connectivity index (χ1v) is 9.27. The summed E-state index contributed by atoms with van der Waals surface area (Å²) in [6.07, 6.45) is 3.57. The monoisotopic (exact) mass is 384 g/mol. The zero-order chi connectivity index (χ0) is 19.8. The molecule has 3 rings (SSSR count). The van der Waals surface area contributed by atoms with Gasteiger partial charge in [-0.25, -0.2) is 4.39 Å². The Bertz CT molecular complexity index is 1050. The molecular weight excluding hydrogens is 363 g/mol. The molecule has 5 nitrogen and oxygen atoms in total. The molecule has 0 spiro atoms. The van der Waals surface area contributed by atoms with Gasteiger partial charge in [0, 0.05) is 27.0 Å². The van der Waals surface area contributed by atoms with Crippen molar-refractivity contribution in [2.75, 3.05) is 0 Å². The molecule has 0 saturated heterocycles. The summed E-state index contributed by atoms with van der Waals surface area (Å²) >= 11 is 1.47. The minimum Gasteiger partial charge on any atom is -0.366 e. The molecular formula is C20H21FN4OS. The van der Waals surface area contributed by atoms with E-state index in [-0.39, 0.29) is 11.2 Å². The SMILES string of the molecule is CC(=Cc1cc(F)ccc1Sc1ccc2nnc(C(C)(C)C)n2c1)C(N)=O. The average molecular weight is 384 g/mol. The largest absolute Gasteiger partial charge is 0.366 e. The van der Waals surface area contributed by atoms with E-state index in [9.17, 15) is 9.18 Å². The Labute approximate surface area is 161 Å². The molecule has 0 aliphatic rings. The summed E-state index contributed by atoms with van der Waals surface area (Å²) in [5.41, 5.74) is 6.91. The molecule has 0 aliphatic carbocycles. The van der Waals surface area contributed by atoms with Crippen LogP contribution in [-0.2, 0) is 10.2 Å². The second-order valence-corrected chi connectivity index (χ2v) is 8.46. The van der Waals surface area contributed by atoms with Crippen LogP contribution in [0.1, 0.15) is 39.1 Å². The maximum absolute atomic E-state index is 13.7. The van der Waals surface area contributed by atoms with Crippen LogP contribution in [0.5, 0.6) is 0 Å². The molecule has 0 unspecified atom stereocenters. The number of rotatable bonds is 4. The van der Waals surface area contributed by atoms with Crippen molar-refractivity contribution in [2.45, 2.75) is 42.9 Å². The second kappa shape index (κ2) is 7.15. The zero-order valence-corrected chi connectivity index (χ0v) is 16.5. The highest BCUT2D eigenvalue weighted by atomic mass is 32.2. The smallest absolute Gasteiger partial charge is 0.244 e. The number of fused-ring (bicyclic) bond motifs is 1. The summed E-state index contributed by atoms with van der Waals surface area (Å²) in [5, 5.41) is 8.51. The van der Waals surface area contributed by atoms with E-state index in [1.165, 1.54) is 23.9 Å². The van der Waals surface area contributed by atoms with Crippen LogP contribution >= 0.6 is 11.8 Å². The standard InChI is InChI=1S/C20H21FN4OS/c1-12(18(22)26)9-13-10-14(21)5-7-16(13)27-15-6-8-17-23-24-19(20(2,3)4)25(17)11-15/h5-11H,1-4H3,(H2,22,26). The lowest BCUT2D eigenvalue weighted by atomic mass is 9.96. The first kappa shape index (κ1) is 19.1. The number of halogens is 1. The van der Waals surface area contributed by atoms with Gasteiger partial charge in [0.25, 0.3) is 0 Å². The summed E-state index contributed by atoms with van der Waals surface area (Å²) in [7, 11) is 0. The van der Waals surface area contributed by atoms with Crippen LogP contribution in [0.25, 0.3) is 11.7 Å². The Morgan fingerprint density at radius 3 is 2.63 bits per heavy atom. The van der Waals surface area contributed by atoms with Crippen molar-refractivity contribution in [3.63, 3.8) is 0 Å². The topological polar surface area (TPSA) is 73.3 Å². The molecule has 0 bridgehead atoms. The molecule has 2 heterocycles. The van der Waals surface area contributed by atoms with Crippen LogP contribution in [0.15, 0.2) is 51.9 Å². The number of benzene rings is 1. The van der Waals surface area contributed by atoms with Crippen LogP contribution in [0.4, 0.5) is 4.39 Å². The number of primary amides is 1. The Balaban J connectivity index is 2.03. The maximum atomic E-state index is 13.7. The van der Waals surface area contributed by atoms with E-state index in [1.807, 2.05) is 22.7 Å². The van der Waals surface area contributed by atoms with Gasteiger partial charge < -0.3 is 5.73 Å². The van der Waals surface area contributed by atoms with Crippen LogP contribution in [0.2, 0.25) is 0 Å². The normalized spacial score (nSPS) is 12.6. The van der Waals surface area contributed by atoms with Crippen molar-refractivity contribution in [3.05, 3.63) is 59.3 Å². The zero-order valence-electron chi connectivity index (χ0n) is 15.7. The molecule has 140 valence electrons. The van der Waals surface area contributed by atoms with Crippen molar-refractivity contribution < 1.29 is 9.18 Å². The third-order valence-electron chi connectivity index (χ3n) is 4.01. The molecule has 1 amide bonds. The number of carbonyl (C=O) groups is 1. The Kier molecular flexibility index (Phi) is 5.06. The fourth-order valence-electron chi connectivity index (χ4n) is 2.60. The molecule has 0 aliphatic heterocycles. The fraction of sp³-hybridized carbons (Fsp3) is 0.250. The molecule has 7 heteroatoms. The fourth-order valence-corrected chi connectivity index (χ4v) is 3.52. The number of hydrogen-bond acceptors (Lipinski definition) is 4. The number of carbonyl (C=O) groups excluding carboxylic acids is 1. The first-order chi connectivity index (χ1) is 12.6. The summed E-state index contributed by atoms with van der Waals surface area (Å²) in [6, 6.07) is 8.34. The van der Waals surface area contributed by atoms with E-state index in [4.69, 9.17) is 5.73 Å². The summed E-state index contributed by atoms with van der Waals surface area (Å²) in [5.74, 6) is -0.0353. The number of aromatic nitrogens is 3. The van der Waals surface area contributed by atoms with E-state index >= 15 is 0 Å². The number of pyridine rings is 1. The number of amides is 1. The lowest BCUT2D eigenvalue weighted by Crippen LogP contribution is -2.15. The second-order valence-electron chi connectivity index (χ2n) is 7.34. The van der Waals surface area contributed by atoms with Gasteiger partial charge in [-0.15, -0.1) is 10.2 Å². The highest BCUT2D eigenvalue weighted by Gasteiger charge is 2.21. The van der Waals surface area contributed by atoms with Crippen molar-refractivity contribution in [3.8, 4) is 0 Å². The number of nitrogens with zero attached hydrogens (tertiary/aromatic N) is 3. The lowest BCUT2D eigenvalue weighted by Gasteiger charge is -2.16. The van der Waals surface area contributed by atoms with E-state index in [2.05, 4.69) is 31.0 Å². The molecule has 3 aromatic rings. The first-order valence-electron chi connectivity index (χ1n) is 8.46. The van der Waals surface area contributed by atoms with Crippen molar-refractivity contribution in [1.29, 1.82) is 0 Å². The Morgan fingerprint density at radius 2 is 1.96 bits per heavy atom. The summed E-state index contributed by atoms with van der Waals surface area (Å²) in [6.45, 7) is 7.86. The third kappa shape index (κ3) is 4.19. The van der Waals surface area contributed by atoms with Crippen molar-refractivity contribution in [1.82, 2.24) is 14.6 Å². The van der Waals surface area contributed by atoms with Gasteiger partial charge in [0.05, 0.1) is 0 Å². The molecule has 2 N–H and O–H groups in total. The van der Waals surface area contributed by atoms with Gasteiger partial charge in [0.15, 0.2) is 5.65 Å². The van der Waals surface area contributed by atoms with Crippen LogP contribution < -0.4 is 5.73 Å². The summed E-state index contributed by atoms with van der Waals surface area (Å²) < 4.78 is 15.7. The van der Waals surface area contributed by atoms with Crippen LogP contribution in [-0.4, -0.2) is 20.5 Å². The van der Waals surface area contributed by atoms with Gasteiger partial charge in [0.2, 0.25) is 5.91 Å². The molecule has 0 saturated carbocycles. The van der Waals surface area contributed by atoms with Crippen LogP contribution in [0, 0.1) is 5.82 Å². The molecule has 1 aromatic carbocycles. The lowest BCUT2D eigenvalue weighted by molar-refractivity contribution is -0.114. The van der Waals surface area contributed by atoms with Crippen molar-refractivity contribution in [2.24, 2.45) is 5.73 Å². The van der Waals surface area contributed by atoms with Gasteiger partial charge in [-0.05, 0) is 48.9 Å². The van der Waals surface area contributed by atoms with Crippen molar-refractivity contribution >= 4 is 29.4 Å². The Morgan fingerprint density at radius 1 is 1.22 bits per heavy atom. The van der Waals surface area contributed by atoms with E-state index < -0.39 is 5.91 Å². The van der Waals surface area contributed by atoms with Gasteiger partial charge in [0.1, 0.15) is 11.6 Å². The van der Waals surface area contributed by atoms with Gasteiger partial charge in [-0.2, -0.15) is 0 Å². The molecule has 27 heavy (non-hydrogen) atoms.